The number of hydrogen-bond acceptors (Lipinski definition) is 3. The van der Waals surface area contributed by atoms with Crippen LogP contribution in [0.2, 0.25) is 0 Å². The van der Waals surface area contributed by atoms with E-state index in [1.54, 1.807) is 12.1 Å². The summed E-state index contributed by atoms with van der Waals surface area (Å²) in [6.07, 6.45) is 0. The van der Waals surface area contributed by atoms with Crippen LogP contribution in [0.4, 0.5) is 0 Å². The van der Waals surface area contributed by atoms with E-state index in [2.05, 4.69) is 21.2 Å². The van der Waals surface area contributed by atoms with Crippen molar-refractivity contribution in [2.24, 2.45) is 0 Å². The van der Waals surface area contributed by atoms with E-state index < -0.39 is 0 Å². The zero-order valence-corrected chi connectivity index (χ0v) is 12.6. The van der Waals surface area contributed by atoms with Crippen LogP contribution >= 0.6 is 15.9 Å². The molecule has 0 aliphatic rings. The molecule has 0 heterocycles. The fourth-order valence-corrected chi connectivity index (χ4v) is 2.71. The van der Waals surface area contributed by atoms with Crippen molar-refractivity contribution in [3.05, 3.63) is 40.4 Å². The van der Waals surface area contributed by atoms with Gasteiger partial charge in [-0.3, -0.25) is 4.79 Å². The van der Waals surface area contributed by atoms with Gasteiger partial charge in [0.05, 0.1) is 6.61 Å². The summed E-state index contributed by atoms with van der Waals surface area (Å²) < 4.78 is 0.895. The standard InChI is InChI=1S/C15H16BrNO3/c1-9(19)17-7-11(8-18)14-5-12(16)4-10-2-3-13(20)6-15(10)14/h2-6,11,18,20H,7-8H2,1H3,(H,17,19). The summed E-state index contributed by atoms with van der Waals surface area (Å²) >= 11 is 3.45. The molecule has 1 amide bonds. The number of nitrogens with one attached hydrogen (secondary N) is 1. The van der Waals surface area contributed by atoms with Gasteiger partial charge < -0.3 is 15.5 Å². The van der Waals surface area contributed by atoms with Crippen molar-refractivity contribution < 1.29 is 15.0 Å². The number of fused-ring (bicyclic) bond motifs is 1. The Labute approximate surface area is 125 Å². The van der Waals surface area contributed by atoms with E-state index in [9.17, 15) is 15.0 Å². The van der Waals surface area contributed by atoms with E-state index in [0.29, 0.717) is 6.54 Å². The molecule has 2 aromatic rings. The van der Waals surface area contributed by atoms with Crippen molar-refractivity contribution in [1.29, 1.82) is 0 Å². The van der Waals surface area contributed by atoms with Crippen LogP contribution in [-0.4, -0.2) is 29.3 Å². The normalized spacial score (nSPS) is 12.3. The van der Waals surface area contributed by atoms with Gasteiger partial charge in [-0.05, 0) is 40.6 Å². The molecule has 0 saturated heterocycles. The molecular formula is C15H16BrNO3. The van der Waals surface area contributed by atoms with E-state index in [4.69, 9.17) is 0 Å². The molecule has 0 radical (unpaired) electrons. The number of aliphatic hydroxyl groups is 1. The highest BCUT2D eigenvalue weighted by Gasteiger charge is 2.15. The lowest BCUT2D eigenvalue weighted by atomic mass is 9.93. The zero-order chi connectivity index (χ0) is 14.7. The number of halogens is 1. The molecule has 0 aromatic heterocycles. The van der Waals surface area contributed by atoms with Crippen LogP contribution in [0.1, 0.15) is 18.4 Å². The second-order valence-corrected chi connectivity index (χ2v) is 5.63. The van der Waals surface area contributed by atoms with Gasteiger partial charge in [-0.2, -0.15) is 0 Å². The molecule has 5 heteroatoms. The van der Waals surface area contributed by atoms with Crippen LogP contribution in [0.3, 0.4) is 0 Å². The summed E-state index contributed by atoms with van der Waals surface area (Å²) in [5.74, 6) is -0.177. The quantitative estimate of drug-likeness (QED) is 0.802. The molecule has 4 nitrogen and oxygen atoms in total. The van der Waals surface area contributed by atoms with Crippen molar-refractivity contribution in [1.82, 2.24) is 5.32 Å². The van der Waals surface area contributed by atoms with Gasteiger partial charge in [0.2, 0.25) is 5.91 Å². The van der Waals surface area contributed by atoms with E-state index in [1.807, 2.05) is 18.2 Å². The number of carbonyl (C=O) groups excluding carboxylic acids is 1. The number of benzene rings is 2. The molecule has 2 aromatic carbocycles. The molecule has 20 heavy (non-hydrogen) atoms. The molecule has 0 aliphatic heterocycles. The predicted octanol–water partition coefficient (Wildman–Crippen LogP) is 2.52. The molecule has 0 bridgehead atoms. The first-order valence-corrected chi connectivity index (χ1v) is 7.08. The van der Waals surface area contributed by atoms with Crippen LogP contribution in [0.25, 0.3) is 10.8 Å². The third-order valence-electron chi connectivity index (χ3n) is 3.19. The Hall–Kier alpha value is -1.59. The smallest absolute Gasteiger partial charge is 0.216 e. The summed E-state index contributed by atoms with van der Waals surface area (Å²) in [5, 5.41) is 23.8. The maximum absolute atomic E-state index is 11.0. The van der Waals surface area contributed by atoms with Gasteiger partial charge in [0.1, 0.15) is 5.75 Å². The van der Waals surface area contributed by atoms with Crippen molar-refractivity contribution in [2.75, 3.05) is 13.2 Å². The van der Waals surface area contributed by atoms with Crippen molar-refractivity contribution in [2.45, 2.75) is 12.8 Å². The van der Waals surface area contributed by atoms with Crippen LogP contribution in [0.5, 0.6) is 5.75 Å². The SMILES string of the molecule is CC(=O)NCC(CO)c1cc(Br)cc2ccc(O)cc12. The Bertz CT molecular complexity index is 642. The number of phenols is 1. The lowest BCUT2D eigenvalue weighted by molar-refractivity contribution is -0.119. The van der Waals surface area contributed by atoms with E-state index in [-0.39, 0.29) is 24.2 Å². The van der Waals surface area contributed by atoms with E-state index in [0.717, 1.165) is 20.8 Å². The Morgan fingerprint density at radius 2 is 2.10 bits per heavy atom. The maximum atomic E-state index is 11.0. The van der Waals surface area contributed by atoms with Gasteiger partial charge in [0, 0.05) is 23.9 Å². The van der Waals surface area contributed by atoms with Gasteiger partial charge in [-0.25, -0.2) is 0 Å². The summed E-state index contributed by atoms with van der Waals surface area (Å²) in [6.45, 7) is 1.72. The lowest BCUT2D eigenvalue weighted by Gasteiger charge is -2.18. The van der Waals surface area contributed by atoms with Crippen LogP contribution in [-0.2, 0) is 4.79 Å². The molecule has 0 aliphatic carbocycles. The monoisotopic (exact) mass is 337 g/mol. The number of phenolic OH excluding ortho intramolecular Hbond substituents is 1. The topological polar surface area (TPSA) is 69.6 Å². The minimum Gasteiger partial charge on any atom is -0.508 e. The second-order valence-electron chi connectivity index (χ2n) is 4.72. The molecule has 1 atom stereocenters. The molecule has 0 fully saturated rings. The molecule has 0 spiro atoms. The average molecular weight is 338 g/mol. The van der Waals surface area contributed by atoms with Crippen LogP contribution < -0.4 is 5.32 Å². The molecule has 3 N–H and O–H groups in total. The largest absolute Gasteiger partial charge is 0.508 e. The number of carbonyl (C=O) groups is 1. The Kier molecular flexibility index (Phi) is 4.62. The van der Waals surface area contributed by atoms with Crippen molar-refractivity contribution >= 4 is 32.6 Å². The minimum absolute atomic E-state index is 0.0819. The first-order valence-electron chi connectivity index (χ1n) is 6.28. The third kappa shape index (κ3) is 3.29. The fraction of sp³-hybridized carbons (Fsp3) is 0.267. The maximum Gasteiger partial charge on any atom is 0.216 e. The number of aliphatic hydroxyl groups excluding tert-OH is 1. The first-order chi connectivity index (χ1) is 9.51. The number of aromatic hydroxyl groups is 1. The van der Waals surface area contributed by atoms with E-state index >= 15 is 0 Å². The Morgan fingerprint density at radius 1 is 1.35 bits per heavy atom. The van der Waals surface area contributed by atoms with Crippen LogP contribution in [0.15, 0.2) is 34.8 Å². The van der Waals surface area contributed by atoms with Crippen molar-refractivity contribution in [3.63, 3.8) is 0 Å². The highest BCUT2D eigenvalue weighted by molar-refractivity contribution is 9.10. The number of rotatable bonds is 4. The highest BCUT2D eigenvalue weighted by Crippen LogP contribution is 2.31. The van der Waals surface area contributed by atoms with Gasteiger partial charge >= 0.3 is 0 Å². The average Bonchev–Trinajstić information content (AvgIpc) is 2.39. The minimum atomic E-state index is -0.222. The highest BCUT2D eigenvalue weighted by atomic mass is 79.9. The lowest BCUT2D eigenvalue weighted by Crippen LogP contribution is -2.27. The third-order valence-corrected chi connectivity index (χ3v) is 3.65. The molecule has 106 valence electrons. The Morgan fingerprint density at radius 3 is 2.75 bits per heavy atom. The number of amides is 1. The number of hydrogen-bond donors (Lipinski definition) is 3. The summed E-state index contributed by atoms with van der Waals surface area (Å²) in [6, 6.07) is 8.98. The Balaban J connectivity index is 2.49. The molecule has 0 saturated carbocycles. The second kappa shape index (κ2) is 6.24. The van der Waals surface area contributed by atoms with Gasteiger partial charge in [0.25, 0.3) is 0 Å². The molecular weight excluding hydrogens is 322 g/mol. The van der Waals surface area contributed by atoms with Crippen molar-refractivity contribution in [3.8, 4) is 5.75 Å². The van der Waals surface area contributed by atoms with Gasteiger partial charge in [-0.15, -0.1) is 0 Å². The fourth-order valence-electron chi connectivity index (χ4n) is 2.21. The van der Waals surface area contributed by atoms with Gasteiger partial charge in [0.15, 0.2) is 0 Å². The summed E-state index contributed by atoms with van der Waals surface area (Å²) in [5.41, 5.74) is 0.890. The van der Waals surface area contributed by atoms with Gasteiger partial charge in [-0.1, -0.05) is 22.0 Å². The first kappa shape index (κ1) is 14.8. The van der Waals surface area contributed by atoms with Crippen LogP contribution in [0, 0.1) is 0 Å². The summed E-state index contributed by atoms with van der Waals surface area (Å²) in [4.78, 5) is 11.0. The molecule has 2 rings (SSSR count). The molecule has 1 unspecified atom stereocenters. The van der Waals surface area contributed by atoms with E-state index in [1.165, 1.54) is 6.92 Å². The summed E-state index contributed by atoms with van der Waals surface area (Å²) in [7, 11) is 0. The predicted molar refractivity (Wildman–Crippen MR) is 81.8 cm³/mol. The zero-order valence-electron chi connectivity index (χ0n) is 11.1.